The van der Waals surface area contributed by atoms with Gasteiger partial charge in [-0.25, -0.2) is 4.79 Å². The molecular formula is C10H16N2O2. The number of hydrogen-bond donors (Lipinski definition) is 1. The topological polar surface area (TPSA) is 47.0 Å². The summed E-state index contributed by atoms with van der Waals surface area (Å²) in [6.07, 6.45) is 4.66. The maximum Gasteiger partial charge on any atom is 0.325 e. The third-order valence-corrected chi connectivity index (χ3v) is 3.42. The second-order valence-corrected chi connectivity index (χ2v) is 4.47. The first kappa shape index (κ1) is 9.52. The van der Waals surface area contributed by atoms with Gasteiger partial charge in [-0.15, -0.1) is 0 Å². The first-order valence-electron chi connectivity index (χ1n) is 4.85. The molecule has 0 spiro atoms. The molecule has 0 radical (unpaired) electrons. The maximum atomic E-state index is 11.4. The van der Waals surface area contributed by atoms with Crippen molar-refractivity contribution in [2.75, 3.05) is 7.11 Å². The molecular weight excluding hydrogens is 180 g/mol. The second-order valence-electron chi connectivity index (χ2n) is 4.47. The van der Waals surface area contributed by atoms with Gasteiger partial charge in [0.15, 0.2) is 0 Å². The van der Waals surface area contributed by atoms with E-state index in [9.17, 15) is 4.79 Å². The third kappa shape index (κ3) is 1.14. The van der Waals surface area contributed by atoms with Gasteiger partial charge in [-0.1, -0.05) is 13.8 Å². The number of aromatic amines is 1. The van der Waals surface area contributed by atoms with E-state index in [0.717, 1.165) is 6.42 Å². The van der Waals surface area contributed by atoms with Gasteiger partial charge in [-0.05, 0) is 6.42 Å². The minimum atomic E-state index is -0.0300. The Balaban J connectivity index is 2.25. The van der Waals surface area contributed by atoms with E-state index in [2.05, 4.69) is 18.8 Å². The lowest BCUT2D eigenvalue weighted by molar-refractivity contribution is -0.113. The quantitative estimate of drug-likeness (QED) is 0.771. The van der Waals surface area contributed by atoms with E-state index in [-0.39, 0.29) is 23.3 Å². The van der Waals surface area contributed by atoms with Crippen molar-refractivity contribution < 1.29 is 4.74 Å². The van der Waals surface area contributed by atoms with Crippen LogP contribution in [0.15, 0.2) is 17.2 Å². The fourth-order valence-corrected chi connectivity index (χ4v) is 2.31. The fourth-order valence-electron chi connectivity index (χ4n) is 2.31. The molecule has 2 unspecified atom stereocenters. The standard InChI is InChI=1S/C10H16N2O2/c1-10(2)7(6-8(10)14-3)12-5-4-11-9(12)13/h4-5,7-8H,6H2,1-3H3,(H,11,13). The van der Waals surface area contributed by atoms with Gasteiger partial charge in [0.1, 0.15) is 0 Å². The summed E-state index contributed by atoms with van der Waals surface area (Å²) in [4.78, 5) is 14.1. The molecule has 1 aliphatic rings. The van der Waals surface area contributed by atoms with Crippen molar-refractivity contribution in [3.63, 3.8) is 0 Å². The largest absolute Gasteiger partial charge is 0.381 e. The zero-order chi connectivity index (χ0) is 10.3. The van der Waals surface area contributed by atoms with Crippen LogP contribution in [0.1, 0.15) is 26.3 Å². The van der Waals surface area contributed by atoms with E-state index in [4.69, 9.17) is 4.74 Å². The smallest absolute Gasteiger partial charge is 0.325 e. The molecule has 0 bridgehead atoms. The van der Waals surface area contributed by atoms with Crippen LogP contribution in [0.5, 0.6) is 0 Å². The highest BCUT2D eigenvalue weighted by molar-refractivity contribution is 5.03. The van der Waals surface area contributed by atoms with E-state index in [1.54, 1.807) is 24.1 Å². The van der Waals surface area contributed by atoms with Crippen LogP contribution in [0, 0.1) is 5.41 Å². The fraction of sp³-hybridized carbons (Fsp3) is 0.700. The van der Waals surface area contributed by atoms with Crippen LogP contribution in [0.2, 0.25) is 0 Å². The van der Waals surface area contributed by atoms with Crippen LogP contribution in [-0.4, -0.2) is 22.8 Å². The lowest BCUT2D eigenvalue weighted by atomic mass is 9.64. The van der Waals surface area contributed by atoms with E-state index < -0.39 is 0 Å². The molecule has 4 heteroatoms. The number of nitrogens with zero attached hydrogens (tertiary/aromatic N) is 1. The summed E-state index contributed by atoms with van der Waals surface area (Å²) >= 11 is 0. The van der Waals surface area contributed by atoms with Gasteiger partial charge in [0.25, 0.3) is 0 Å². The van der Waals surface area contributed by atoms with Crippen molar-refractivity contribution >= 4 is 0 Å². The Labute approximate surface area is 82.9 Å². The Morgan fingerprint density at radius 3 is 2.79 bits per heavy atom. The summed E-state index contributed by atoms with van der Waals surface area (Å²) in [6.45, 7) is 4.27. The monoisotopic (exact) mass is 196 g/mol. The van der Waals surface area contributed by atoms with Crippen molar-refractivity contribution in [2.45, 2.75) is 32.4 Å². The predicted molar refractivity (Wildman–Crippen MR) is 53.3 cm³/mol. The summed E-state index contributed by atoms with van der Waals surface area (Å²) in [5.74, 6) is 0. The van der Waals surface area contributed by atoms with Gasteiger partial charge in [-0.2, -0.15) is 0 Å². The van der Waals surface area contributed by atoms with Crippen LogP contribution in [-0.2, 0) is 4.74 Å². The average Bonchev–Trinajstić information content (AvgIpc) is 2.51. The maximum absolute atomic E-state index is 11.4. The Kier molecular flexibility index (Phi) is 2.03. The normalized spacial score (nSPS) is 29.9. The molecule has 0 saturated heterocycles. The van der Waals surface area contributed by atoms with Crippen molar-refractivity contribution in [3.8, 4) is 0 Å². The first-order valence-corrected chi connectivity index (χ1v) is 4.85. The van der Waals surface area contributed by atoms with Gasteiger partial charge in [0.05, 0.1) is 6.10 Å². The number of hydrogen-bond acceptors (Lipinski definition) is 2. The molecule has 1 aliphatic carbocycles. The first-order chi connectivity index (χ1) is 6.57. The lowest BCUT2D eigenvalue weighted by Gasteiger charge is -2.51. The lowest BCUT2D eigenvalue weighted by Crippen LogP contribution is -2.52. The number of aromatic nitrogens is 2. The van der Waals surface area contributed by atoms with Gasteiger partial charge >= 0.3 is 5.69 Å². The van der Waals surface area contributed by atoms with Crippen molar-refractivity contribution in [2.24, 2.45) is 5.41 Å². The molecule has 14 heavy (non-hydrogen) atoms. The average molecular weight is 196 g/mol. The van der Waals surface area contributed by atoms with Crippen LogP contribution < -0.4 is 5.69 Å². The molecule has 2 atom stereocenters. The third-order valence-electron chi connectivity index (χ3n) is 3.42. The zero-order valence-corrected chi connectivity index (χ0v) is 8.78. The van der Waals surface area contributed by atoms with Crippen LogP contribution >= 0.6 is 0 Å². The van der Waals surface area contributed by atoms with E-state index in [1.165, 1.54) is 0 Å². The molecule has 2 rings (SSSR count). The Bertz CT molecular complexity index is 377. The van der Waals surface area contributed by atoms with Crippen molar-refractivity contribution in [1.82, 2.24) is 9.55 Å². The molecule has 0 aliphatic heterocycles. The number of imidazole rings is 1. The highest BCUT2D eigenvalue weighted by Crippen LogP contribution is 2.50. The molecule has 1 heterocycles. The molecule has 0 amide bonds. The number of ether oxygens (including phenoxy) is 1. The molecule has 1 N–H and O–H groups in total. The van der Waals surface area contributed by atoms with Crippen molar-refractivity contribution in [1.29, 1.82) is 0 Å². The van der Waals surface area contributed by atoms with E-state index >= 15 is 0 Å². The number of H-pyrrole nitrogens is 1. The molecule has 1 aromatic rings. The van der Waals surface area contributed by atoms with E-state index in [0.29, 0.717) is 0 Å². The number of methoxy groups -OCH3 is 1. The summed E-state index contributed by atoms with van der Waals surface area (Å²) < 4.78 is 7.10. The van der Waals surface area contributed by atoms with Gasteiger partial charge in [0.2, 0.25) is 0 Å². The van der Waals surface area contributed by atoms with Crippen molar-refractivity contribution in [3.05, 3.63) is 22.9 Å². The number of rotatable bonds is 2. The van der Waals surface area contributed by atoms with Gasteiger partial charge in [0, 0.05) is 31.0 Å². The van der Waals surface area contributed by atoms with Crippen LogP contribution in [0.3, 0.4) is 0 Å². The summed E-state index contributed by atoms with van der Waals surface area (Å²) in [6, 6.07) is 0.256. The zero-order valence-electron chi connectivity index (χ0n) is 8.78. The summed E-state index contributed by atoms with van der Waals surface area (Å²) in [7, 11) is 1.72. The van der Waals surface area contributed by atoms with Gasteiger partial charge < -0.3 is 9.72 Å². The molecule has 78 valence electrons. The number of nitrogens with one attached hydrogen (secondary N) is 1. The SMILES string of the molecule is COC1CC(n2cc[nH]c2=O)C1(C)C. The van der Waals surface area contributed by atoms with E-state index in [1.807, 2.05) is 0 Å². The van der Waals surface area contributed by atoms with Crippen LogP contribution in [0.25, 0.3) is 0 Å². The molecule has 1 fully saturated rings. The van der Waals surface area contributed by atoms with Crippen LogP contribution in [0.4, 0.5) is 0 Å². The Hall–Kier alpha value is -1.03. The molecule has 1 saturated carbocycles. The molecule has 0 aromatic carbocycles. The predicted octanol–water partition coefficient (Wildman–Crippen LogP) is 1.16. The summed E-state index contributed by atoms with van der Waals surface area (Å²) in [5, 5.41) is 0. The minimum Gasteiger partial charge on any atom is -0.381 e. The Morgan fingerprint density at radius 2 is 2.36 bits per heavy atom. The van der Waals surface area contributed by atoms with Gasteiger partial charge in [-0.3, -0.25) is 4.57 Å². The highest BCUT2D eigenvalue weighted by Gasteiger charge is 2.49. The minimum absolute atomic E-state index is 0.0300. The Morgan fingerprint density at radius 1 is 1.64 bits per heavy atom. The molecule has 1 aromatic heterocycles. The second kappa shape index (κ2) is 2.98. The highest BCUT2D eigenvalue weighted by atomic mass is 16.5. The molecule has 4 nitrogen and oxygen atoms in total. The summed E-state index contributed by atoms with van der Waals surface area (Å²) in [5.41, 5.74) is 0.0125.